The number of rotatable bonds is 30. The lowest BCUT2D eigenvalue weighted by Crippen LogP contribution is -2.47. The Morgan fingerprint density at radius 3 is 1.88 bits per heavy atom. The number of anilines is 1. The lowest BCUT2D eigenvalue weighted by Gasteiger charge is -2.19. The van der Waals surface area contributed by atoms with Crippen molar-refractivity contribution in [2.75, 3.05) is 71.2 Å². The molecule has 0 unspecified atom stereocenters. The Labute approximate surface area is 397 Å². The zero-order valence-corrected chi connectivity index (χ0v) is 38.5. The van der Waals surface area contributed by atoms with E-state index in [0.29, 0.717) is 91.3 Å². The molecule has 0 aliphatic carbocycles. The van der Waals surface area contributed by atoms with E-state index in [9.17, 15) is 37.1 Å². The first kappa shape index (κ1) is 52.1. The van der Waals surface area contributed by atoms with Crippen molar-refractivity contribution >= 4 is 67.5 Å². The molecule has 1 aliphatic rings. The molecule has 5 aromatic rings. The lowest BCUT2D eigenvalue weighted by molar-refractivity contribution is -0.166. The molecule has 69 heavy (non-hydrogen) atoms. The van der Waals surface area contributed by atoms with Crippen LogP contribution in [0.15, 0.2) is 83.0 Å². The van der Waals surface area contributed by atoms with Crippen molar-refractivity contribution in [1.29, 1.82) is 0 Å². The van der Waals surface area contributed by atoms with Crippen LogP contribution < -0.4 is 32.5 Å². The molecule has 0 aromatic heterocycles. The molecule has 1 heterocycles. The molecule has 1 atom stereocenters. The van der Waals surface area contributed by atoms with Crippen LogP contribution in [-0.4, -0.2) is 108 Å². The Morgan fingerprint density at radius 2 is 1.25 bits per heavy atom. The van der Waals surface area contributed by atoms with Crippen molar-refractivity contribution < 1.29 is 56.2 Å². The third-order valence-corrected chi connectivity index (χ3v) is 11.5. The highest BCUT2D eigenvalue weighted by Gasteiger charge is 2.65. The van der Waals surface area contributed by atoms with Gasteiger partial charge in [0.1, 0.15) is 12.6 Å². The average Bonchev–Trinajstić information content (AvgIpc) is 4.15. The summed E-state index contributed by atoms with van der Waals surface area (Å²) in [5.74, 6) is 3.28. The van der Waals surface area contributed by atoms with E-state index >= 15 is 0 Å². The van der Waals surface area contributed by atoms with E-state index in [2.05, 4.69) is 78.0 Å². The van der Waals surface area contributed by atoms with Gasteiger partial charge in [0, 0.05) is 68.4 Å². The normalized spacial score (nSPS) is 13.4. The summed E-state index contributed by atoms with van der Waals surface area (Å²) in [5.41, 5.74) is -0.811. The molecule has 5 amide bonds. The molecule has 0 saturated carbocycles. The van der Waals surface area contributed by atoms with Gasteiger partial charge in [0.2, 0.25) is 23.6 Å². The first-order valence-corrected chi connectivity index (χ1v) is 23.1. The summed E-state index contributed by atoms with van der Waals surface area (Å²) in [7, 11) is 0. The molecule has 6 rings (SSSR count). The number of unbranched alkanes of at least 4 members (excludes halogenated alkanes) is 1. The predicted octanol–water partition coefficient (Wildman–Crippen LogP) is 6.08. The summed E-state index contributed by atoms with van der Waals surface area (Å²) in [6, 6.07) is 20.4. The SMILES string of the molecule is CC(=O)Nc1ccc2ccc3c(CCCC(=O)NCCCOCCOCCOCCCNC(=O)[C@H](CCCCNC(=O)CON)NC(=O)c4ccc(C5(C(F)(F)F)N=N5)cc4)ccc4ccc1c2c43. The molecule has 370 valence electrons. The van der Waals surface area contributed by atoms with Gasteiger partial charge in [0.15, 0.2) is 0 Å². The zero-order valence-electron chi connectivity index (χ0n) is 38.5. The Balaban J connectivity index is 0.793. The summed E-state index contributed by atoms with van der Waals surface area (Å²) < 4.78 is 57.0. The van der Waals surface area contributed by atoms with E-state index in [1.54, 1.807) is 0 Å². The minimum atomic E-state index is -4.71. The highest BCUT2D eigenvalue weighted by atomic mass is 19.4. The molecule has 1 aliphatic heterocycles. The topological polar surface area (TPSA) is 233 Å². The Morgan fingerprint density at radius 1 is 0.667 bits per heavy atom. The highest BCUT2D eigenvalue weighted by molar-refractivity contribution is 6.26. The second kappa shape index (κ2) is 25.3. The lowest BCUT2D eigenvalue weighted by atomic mass is 9.90. The van der Waals surface area contributed by atoms with Gasteiger partial charge in [0.05, 0.1) is 26.4 Å². The van der Waals surface area contributed by atoms with Crippen molar-refractivity contribution in [2.24, 2.45) is 16.1 Å². The third kappa shape index (κ3) is 14.6. The number of halogens is 3. The monoisotopic (exact) mass is 960 g/mol. The maximum absolute atomic E-state index is 13.4. The summed E-state index contributed by atoms with van der Waals surface area (Å²) in [5, 5.41) is 27.0. The Bertz CT molecular complexity index is 2550. The quantitative estimate of drug-likeness (QED) is 0.0176. The van der Waals surface area contributed by atoms with Gasteiger partial charge in [-0.15, -0.1) is 10.2 Å². The van der Waals surface area contributed by atoms with Crippen LogP contribution >= 0.6 is 0 Å². The van der Waals surface area contributed by atoms with Crippen LogP contribution in [0, 0.1) is 0 Å². The van der Waals surface area contributed by atoms with Gasteiger partial charge in [-0.3, -0.25) is 28.8 Å². The van der Waals surface area contributed by atoms with E-state index in [4.69, 9.17) is 20.1 Å². The second-order valence-electron chi connectivity index (χ2n) is 16.6. The number of nitrogens with one attached hydrogen (secondary N) is 5. The molecule has 7 N–H and O–H groups in total. The largest absolute Gasteiger partial charge is 0.442 e. The zero-order chi connectivity index (χ0) is 49.2. The Hall–Kier alpha value is -6.32. The van der Waals surface area contributed by atoms with Crippen molar-refractivity contribution in [2.45, 2.75) is 76.2 Å². The molecule has 17 nitrogen and oxygen atoms in total. The molecule has 0 spiro atoms. The molecule has 5 aromatic carbocycles. The van der Waals surface area contributed by atoms with E-state index in [-0.39, 0.29) is 42.5 Å². The van der Waals surface area contributed by atoms with Gasteiger partial charge in [-0.2, -0.15) is 13.2 Å². The van der Waals surface area contributed by atoms with Crippen molar-refractivity contribution in [1.82, 2.24) is 21.3 Å². The maximum atomic E-state index is 13.4. The van der Waals surface area contributed by atoms with Crippen LogP contribution in [0.25, 0.3) is 32.3 Å². The number of carbonyl (C=O) groups is 5. The standard InChI is InChI=1S/C49H59F3N8O9/c1-32(61)57-40-21-16-35-14-19-38-33(10-11-34-15-20-39(40)45(35)44(34)38)7-4-9-42(62)54-23-5-25-66-27-29-68-30-28-67-26-6-24-56-47(65)41(8-2-3-22-55-43(63)31-69-53)58-46(64)36-12-17-37(18-13-36)48(59-60-48)49(50,51)52/h10-21,41H,2-9,22-31,53H2,1H3,(H,54,62)(H,55,63)(H,56,65)(H,57,61)(H,58,64)/t41-/m0/s1. The molecule has 0 fully saturated rings. The first-order chi connectivity index (χ1) is 33.3. The van der Waals surface area contributed by atoms with Gasteiger partial charge in [0.25, 0.3) is 5.91 Å². The predicted molar refractivity (Wildman–Crippen MR) is 252 cm³/mol. The highest BCUT2D eigenvalue weighted by Crippen LogP contribution is 2.52. The summed E-state index contributed by atoms with van der Waals surface area (Å²) in [4.78, 5) is 66.5. The molecule has 0 bridgehead atoms. The number of hydrogen-bond donors (Lipinski definition) is 6. The first-order valence-electron chi connectivity index (χ1n) is 23.1. The fraction of sp³-hybridized carbons (Fsp3) is 0.449. The summed E-state index contributed by atoms with van der Waals surface area (Å²) in [6.07, 6.45) is -0.534. The minimum Gasteiger partial charge on any atom is -0.379 e. The number of benzene rings is 5. The number of amides is 5. The van der Waals surface area contributed by atoms with Crippen LogP contribution in [0.4, 0.5) is 18.9 Å². The summed E-state index contributed by atoms with van der Waals surface area (Å²) in [6.45, 7) is 4.50. The van der Waals surface area contributed by atoms with Gasteiger partial charge < -0.3 is 40.8 Å². The third-order valence-electron chi connectivity index (χ3n) is 11.5. The molecular weight excluding hydrogens is 902 g/mol. The van der Waals surface area contributed by atoms with Crippen molar-refractivity contribution in [3.8, 4) is 0 Å². The minimum absolute atomic E-state index is 0.00409. The number of alkyl halides is 3. The van der Waals surface area contributed by atoms with Gasteiger partial charge in [-0.05, 0) is 95.6 Å². The second-order valence-corrected chi connectivity index (χ2v) is 16.6. The van der Waals surface area contributed by atoms with E-state index in [0.717, 1.165) is 51.2 Å². The Kier molecular flexibility index (Phi) is 19.1. The van der Waals surface area contributed by atoms with Gasteiger partial charge in [-0.25, -0.2) is 5.90 Å². The van der Waals surface area contributed by atoms with Crippen LogP contribution in [-0.2, 0) is 50.3 Å². The smallest absolute Gasteiger partial charge is 0.379 e. The maximum Gasteiger partial charge on any atom is 0.442 e. The number of ether oxygens (including phenoxy) is 3. The van der Waals surface area contributed by atoms with Gasteiger partial charge in [-0.1, -0.05) is 54.6 Å². The van der Waals surface area contributed by atoms with Crippen molar-refractivity contribution in [3.05, 3.63) is 89.5 Å². The number of carbonyl (C=O) groups excluding carboxylic acids is 5. The number of nitrogens with zero attached hydrogens (tertiary/aromatic N) is 2. The van der Waals surface area contributed by atoms with E-state index < -0.39 is 35.6 Å². The van der Waals surface area contributed by atoms with Crippen LogP contribution in [0.3, 0.4) is 0 Å². The fourth-order valence-electron chi connectivity index (χ4n) is 7.99. The average molecular weight is 961 g/mol. The number of nitrogens with two attached hydrogens (primary N) is 1. The molecule has 0 radical (unpaired) electrons. The fourth-order valence-corrected chi connectivity index (χ4v) is 7.99. The number of aryl methyl sites for hydroxylation is 1. The van der Waals surface area contributed by atoms with Crippen LogP contribution in [0.2, 0.25) is 0 Å². The van der Waals surface area contributed by atoms with Crippen LogP contribution in [0.1, 0.15) is 73.4 Å². The molecular formula is C49H59F3N8O9. The summed E-state index contributed by atoms with van der Waals surface area (Å²) >= 11 is 0. The molecule has 0 saturated heterocycles. The number of hydrogen-bond acceptors (Lipinski definition) is 12. The van der Waals surface area contributed by atoms with Crippen molar-refractivity contribution in [3.63, 3.8) is 0 Å². The van der Waals surface area contributed by atoms with Gasteiger partial charge >= 0.3 is 11.8 Å². The van der Waals surface area contributed by atoms with Crippen LogP contribution in [0.5, 0.6) is 0 Å². The van der Waals surface area contributed by atoms with E-state index in [1.165, 1.54) is 30.0 Å². The van der Waals surface area contributed by atoms with E-state index in [1.807, 2.05) is 12.1 Å². The molecule has 20 heteroatoms.